The summed E-state index contributed by atoms with van der Waals surface area (Å²) in [5.41, 5.74) is 1.82. The van der Waals surface area contributed by atoms with Crippen molar-refractivity contribution in [3.05, 3.63) is 75.1 Å². The van der Waals surface area contributed by atoms with Crippen LogP contribution in [0.4, 0.5) is 0 Å². The van der Waals surface area contributed by atoms with Crippen LogP contribution in [-0.2, 0) is 11.2 Å². The van der Waals surface area contributed by atoms with Crippen LogP contribution < -0.4 is 5.32 Å². The molecule has 156 valence electrons. The maximum atomic E-state index is 12.4. The van der Waals surface area contributed by atoms with E-state index in [2.05, 4.69) is 16.4 Å². The summed E-state index contributed by atoms with van der Waals surface area (Å²) in [6.07, 6.45) is 0.853. The first-order valence-corrected chi connectivity index (χ1v) is 11.7. The van der Waals surface area contributed by atoms with Crippen LogP contribution in [0.2, 0.25) is 5.02 Å². The lowest BCUT2D eigenvalue weighted by atomic mass is 10.1. The first kappa shape index (κ1) is 21.3. The van der Waals surface area contributed by atoms with Gasteiger partial charge in [0.05, 0.1) is 10.2 Å². The molecule has 0 saturated carbocycles. The monoisotopic (exact) mass is 460 g/mol. The van der Waals surface area contributed by atoms with Crippen molar-refractivity contribution in [2.75, 3.05) is 6.54 Å². The molecule has 3 atom stereocenters. The number of para-hydroxylation sites is 1. The molecule has 1 aromatic heterocycles. The van der Waals surface area contributed by atoms with Gasteiger partial charge in [-0.1, -0.05) is 48.0 Å². The van der Waals surface area contributed by atoms with Gasteiger partial charge in [-0.15, -0.1) is 23.1 Å². The number of halogens is 1. The van der Waals surface area contributed by atoms with Crippen molar-refractivity contribution in [2.24, 2.45) is 0 Å². The van der Waals surface area contributed by atoms with Gasteiger partial charge in [0.2, 0.25) is 0 Å². The van der Waals surface area contributed by atoms with Crippen LogP contribution in [0.3, 0.4) is 0 Å². The van der Waals surface area contributed by atoms with E-state index in [4.69, 9.17) is 11.6 Å². The number of benzene rings is 2. The highest BCUT2D eigenvalue weighted by molar-refractivity contribution is 8.03. The summed E-state index contributed by atoms with van der Waals surface area (Å²) >= 11 is 9.21. The molecule has 0 bridgehead atoms. The zero-order chi connectivity index (χ0) is 21.1. The Morgan fingerprint density at radius 3 is 2.77 bits per heavy atom. The second-order valence-corrected chi connectivity index (χ2v) is 9.97. The maximum Gasteiger partial charge on any atom is 0.252 e. The Kier molecular flexibility index (Phi) is 6.75. The van der Waals surface area contributed by atoms with Gasteiger partial charge in [-0.05, 0) is 35.1 Å². The number of aliphatic hydroxyl groups excluding tert-OH is 2. The molecule has 4 rings (SSSR count). The molecule has 30 heavy (non-hydrogen) atoms. The van der Waals surface area contributed by atoms with Gasteiger partial charge in [0.1, 0.15) is 11.1 Å². The second-order valence-electron chi connectivity index (χ2n) is 7.07. The Hall–Kier alpha value is -1.90. The number of hydrogen-bond acceptors (Lipinski definition) is 6. The van der Waals surface area contributed by atoms with Crippen molar-refractivity contribution in [3.63, 3.8) is 0 Å². The van der Waals surface area contributed by atoms with Crippen LogP contribution in [-0.4, -0.2) is 39.0 Å². The van der Waals surface area contributed by atoms with Gasteiger partial charge >= 0.3 is 0 Å². The van der Waals surface area contributed by atoms with Crippen LogP contribution in [0.15, 0.2) is 59.5 Å². The van der Waals surface area contributed by atoms with Crippen LogP contribution in [0, 0.1) is 0 Å². The number of allylic oxidation sites excluding steroid dienone is 2. The third kappa shape index (κ3) is 4.87. The highest BCUT2D eigenvalue weighted by atomic mass is 35.5. The van der Waals surface area contributed by atoms with Gasteiger partial charge in [-0.3, -0.25) is 4.79 Å². The number of hydrogen-bond donors (Lipinski definition) is 3. The van der Waals surface area contributed by atoms with Crippen molar-refractivity contribution in [1.29, 1.82) is 0 Å². The highest BCUT2D eigenvalue weighted by Crippen LogP contribution is 2.35. The van der Waals surface area contributed by atoms with E-state index in [-0.39, 0.29) is 5.25 Å². The molecule has 1 aliphatic rings. The largest absolute Gasteiger partial charge is 0.383 e. The molecule has 0 radical (unpaired) electrons. The average Bonchev–Trinajstić information content (AvgIpc) is 3.39. The number of amides is 1. The Bertz CT molecular complexity index is 1050. The Morgan fingerprint density at radius 2 is 1.97 bits per heavy atom. The third-order valence-corrected chi connectivity index (χ3v) is 7.67. The van der Waals surface area contributed by atoms with E-state index in [1.165, 1.54) is 16.2 Å². The number of rotatable bonds is 7. The lowest BCUT2D eigenvalue weighted by Crippen LogP contribution is -2.41. The number of nitrogens with one attached hydrogen (secondary N) is 1. The molecular weight excluding hydrogens is 440 g/mol. The van der Waals surface area contributed by atoms with E-state index in [9.17, 15) is 15.0 Å². The lowest BCUT2D eigenvalue weighted by molar-refractivity contribution is -0.135. The molecule has 0 aliphatic carbocycles. The quantitative estimate of drug-likeness (QED) is 0.494. The molecule has 8 heteroatoms. The zero-order valence-corrected chi connectivity index (χ0v) is 18.4. The minimum atomic E-state index is -1.56. The predicted molar refractivity (Wildman–Crippen MR) is 123 cm³/mol. The van der Waals surface area contributed by atoms with E-state index < -0.39 is 18.1 Å². The fraction of sp³-hybridized carbons (Fsp3) is 0.273. The molecule has 2 heterocycles. The third-order valence-electron chi connectivity index (χ3n) is 4.88. The summed E-state index contributed by atoms with van der Waals surface area (Å²) < 4.78 is 0.902. The number of carbonyl (C=O) groups is 1. The molecule has 2 aromatic carbocycles. The standard InChI is InChI=1S/C22H21ClN2O3S2/c23-16-6-2-1-5-13(16)11-14-9-10-15(29-14)12-24-21(28)19(26)20(27)22-25-17-7-3-4-8-18(17)30-22/h1-9,15,19-20,26-27H,10-12H2,(H,24,28)/t15?,19-,20-/m1/s1. The van der Waals surface area contributed by atoms with Crippen LogP contribution >= 0.6 is 34.7 Å². The molecule has 0 fully saturated rings. The number of thiazole rings is 1. The van der Waals surface area contributed by atoms with Crippen molar-refractivity contribution in [1.82, 2.24) is 10.3 Å². The van der Waals surface area contributed by atoms with Crippen LogP contribution in [0.25, 0.3) is 10.2 Å². The van der Waals surface area contributed by atoms with Crippen LogP contribution in [0.5, 0.6) is 0 Å². The number of carbonyl (C=O) groups excluding carboxylic acids is 1. The van der Waals surface area contributed by atoms with Gasteiger partial charge in [0.25, 0.3) is 5.91 Å². The van der Waals surface area contributed by atoms with E-state index in [0.29, 0.717) is 11.6 Å². The molecule has 1 aliphatic heterocycles. The van der Waals surface area contributed by atoms with E-state index in [1.807, 2.05) is 48.5 Å². The number of aromatic nitrogens is 1. The maximum absolute atomic E-state index is 12.4. The summed E-state index contributed by atoms with van der Waals surface area (Å²) in [7, 11) is 0. The summed E-state index contributed by atoms with van der Waals surface area (Å²) in [5.74, 6) is -0.595. The topological polar surface area (TPSA) is 82.5 Å². The van der Waals surface area contributed by atoms with Crippen LogP contribution in [0.1, 0.15) is 23.1 Å². The summed E-state index contributed by atoms with van der Waals surface area (Å²) in [4.78, 5) is 17.9. The van der Waals surface area contributed by atoms with Gasteiger partial charge in [-0.25, -0.2) is 4.98 Å². The molecule has 5 nitrogen and oxygen atoms in total. The van der Waals surface area contributed by atoms with Crippen molar-refractivity contribution < 1.29 is 15.0 Å². The van der Waals surface area contributed by atoms with Crippen molar-refractivity contribution >= 4 is 50.8 Å². The summed E-state index contributed by atoms with van der Waals surface area (Å²) in [6.45, 7) is 0.412. The van der Waals surface area contributed by atoms with Crippen molar-refractivity contribution in [2.45, 2.75) is 30.3 Å². The highest BCUT2D eigenvalue weighted by Gasteiger charge is 2.29. The van der Waals surface area contributed by atoms with E-state index >= 15 is 0 Å². The number of fused-ring (bicyclic) bond motifs is 1. The molecule has 0 spiro atoms. The van der Waals surface area contributed by atoms with E-state index in [1.54, 1.807) is 11.8 Å². The summed E-state index contributed by atoms with van der Waals surface area (Å²) in [6, 6.07) is 15.2. The van der Waals surface area contributed by atoms with Gasteiger partial charge in [0.15, 0.2) is 6.10 Å². The van der Waals surface area contributed by atoms with Gasteiger partial charge in [-0.2, -0.15) is 0 Å². The lowest BCUT2D eigenvalue weighted by Gasteiger charge is -2.17. The first-order valence-electron chi connectivity index (χ1n) is 9.59. The Balaban J connectivity index is 1.28. The van der Waals surface area contributed by atoms with Gasteiger partial charge in [0, 0.05) is 23.2 Å². The Morgan fingerprint density at radius 1 is 1.20 bits per heavy atom. The second kappa shape index (κ2) is 9.49. The minimum Gasteiger partial charge on any atom is -0.383 e. The molecule has 1 unspecified atom stereocenters. The SMILES string of the molecule is O=C(NCC1CC=C(Cc2ccccc2Cl)S1)[C@H](O)[C@@H](O)c1nc2ccccc2s1. The number of nitrogens with zero attached hydrogens (tertiary/aromatic N) is 1. The zero-order valence-electron chi connectivity index (χ0n) is 16.0. The minimum absolute atomic E-state index is 0.193. The summed E-state index contributed by atoms with van der Waals surface area (Å²) in [5, 5.41) is 24.7. The Labute approximate surface area is 187 Å². The molecule has 0 saturated heterocycles. The van der Waals surface area contributed by atoms with Crippen molar-refractivity contribution in [3.8, 4) is 0 Å². The average molecular weight is 461 g/mol. The van der Waals surface area contributed by atoms with E-state index in [0.717, 1.165) is 33.6 Å². The molecule has 3 N–H and O–H groups in total. The molecular formula is C22H21ClN2O3S2. The predicted octanol–water partition coefficient (Wildman–Crippen LogP) is 4.09. The number of thioether (sulfide) groups is 1. The molecule has 1 amide bonds. The number of aliphatic hydroxyl groups is 2. The normalized spacial score (nSPS) is 18.2. The first-order chi connectivity index (χ1) is 14.5. The fourth-order valence-electron chi connectivity index (χ4n) is 3.26. The smallest absolute Gasteiger partial charge is 0.252 e. The molecule has 3 aromatic rings. The van der Waals surface area contributed by atoms with Gasteiger partial charge < -0.3 is 15.5 Å². The fourth-order valence-corrected chi connectivity index (χ4v) is 5.66.